The summed E-state index contributed by atoms with van der Waals surface area (Å²) in [5.41, 5.74) is 3.36. The average Bonchev–Trinajstić information content (AvgIpc) is 2.22. The van der Waals surface area contributed by atoms with E-state index in [0.29, 0.717) is 11.5 Å². The Morgan fingerprint density at radius 3 is 2.06 bits per heavy atom. The van der Waals surface area contributed by atoms with Crippen molar-refractivity contribution in [1.82, 2.24) is 10.3 Å². The third kappa shape index (κ3) is 8.08. The highest BCUT2D eigenvalue weighted by molar-refractivity contribution is 4.71. The van der Waals surface area contributed by atoms with Crippen molar-refractivity contribution in [3.63, 3.8) is 0 Å². The van der Waals surface area contributed by atoms with Crippen LogP contribution in [0.2, 0.25) is 0 Å². The molecule has 16 heavy (non-hydrogen) atoms. The molecule has 3 N–H and O–H groups in total. The number of nitrogens with one attached hydrogen (secondary N) is 1. The van der Waals surface area contributed by atoms with Gasteiger partial charge in [0.15, 0.2) is 0 Å². The van der Waals surface area contributed by atoms with E-state index in [0.717, 1.165) is 26.1 Å². The highest BCUT2D eigenvalue weighted by Gasteiger charge is 2.14. The molecule has 0 aliphatic heterocycles. The second kappa shape index (κ2) is 8.04. The van der Waals surface area contributed by atoms with E-state index in [9.17, 15) is 0 Å². The molecule has 0 fully saturated rings. The first-order valence-corrected chi connectivity index (χ1v) is 6.61. The van der Waals surface area contributed by atoms with Gasteiger partial charge in [-0.2, -0.15) is 0 Å². The molecule has 0 aliphatic carbocycles. The van der Waals surface area contributed by atoms with Crippen molar-refractivity contribution in [1.29, 1.82) is 0 Å². The van der Waals surface area contributed by atoms with Crippen LogP contribution in [0.1, 0.15) is 53.9 Å². The second-order valence-electron chi connectivity index (χ2n) is 5.78. The summed E-state index contributed by atoms with van der Waals surface area (Å²) >= 11 is 0. The summed E-state index contributed by atoms with van der Waals surface area (Å²) in [6.45, 7) is 14.7. The molecule has 1 unspecified atom stereocenters. The Hall–Kier alpha value is -0.120. The van der Waals surface area contributed by atoms with Gasteiger partial charge in [-0.15, -0.1) is 0 Å². The average molecular weight is 229 g/mol. The van der Waals surface area contributed by atoms with Crippen molar-refractivity contribution in [2.45, 2.75) is 59.9 Å². The van der Waals surface area contributed by atoms with Crippen LogP contribution in [-0.2, 0) is 0 Å². The summed E-state index contributed by atoms with van der Waals surface area (Å²) in [7, 11) is 0. The van der Waals surface area contributed by atoms with Crippen LogP contribution in [0, 0.1) is 5.41 Å². The van der Waals surface area contributed by atoms with Gasteiger partial charge in [0.2, 0.25) is 0 Å². The van der Waals surface area contributed by atoms with Crippen LogP contribution in [0.15, 0.2) is 0 Å². The Bertz CT molecular complexity index is 159. The van der Waals surface area contributed by atoms with Crippen molar-refractivity contribution >= 4 is 0 Å². The van der Waals surface area contributed by atoms with E-state index in [-0.39, 0.29) is 0 Å². The van der Waals surface area contributed by atoms with Crippen molar-refractivity contribution in [3.8, 4) is 0 Å². The van der Waals surface area contributed by atoms with Crippen LogP contribution in [0.3, 0.4) is 0 Å². The maximum Gasteiger partial charge on any atom is 0.0222 e. The molecule has 0 aromatic heterocycles. The van der Waals surface area contributed by atoms with E-state index in [1.807, 2.05) is 0 Å². The van der Waals surface area contributed by atoms with Gasteiger partial charge in [-0.25, -0.2) is 0 Å². The number of nitrogens with two attached hydrogens (primary N) is 1. The molecule has 0 bridgehead atoms. The van der Waals surface area contributed by atoms with Gasteiger partial charge in [0.1, 0.15) is 0 Å². The Balaban J connectivity index is 3.83. The molecule has 3 heteroatoms. The van der Waals surface area contributed by atoms with E-state index < -0.39 is 0 Å². The van der Waals surface area contributed by atoms with E-state index in [4.69, 9.17) is 5.84 Å². The van der Waals surface area contributed by atoms with Crippen LogP contribution in [0.4, 0.5) is 0 Å². The lowest BCUT2D eigenvalue weighted by atomic mass is 9.88. The monoisotopic (exact) mass is 229 g/mol. The van der Waals surface area contributed by atoms with Crippen LogP contribution < -0.4 is 11.3 Å². The lowest BCUT2D eigenvalue weighted by molar-refractivity contribution is 0.263. The minimum absolute atomic E-state index is 0.407. The Labute approximate surface area is 102 Å². The molecule has 0 radical (unpaired) electrons. The molecule has 0 rings (SSSR count). The molecule has 1 atom stereocenters. The highest BCUT2D eigenvalue weighted by atomic mass is 15.2. The topological polar surface area (TPSA) is 41.3 Å². The molecular formula is C13H31N3. The maximum absolute atomic E-state index is 5.60. The van der Waals surface area contributed by atoms with Gasteiger partial charge in [-0.1, -0.05) is 34.6 Å². The number of nitrogens with zero attached hydrogens (tertiary/aromatic N) is 1. The lowest BCUT2D eigenvalue weighted by Crippen LogP contribution is -2.39. The lowest BCUT2D eigenvalue weighted by Gasteiger charge is -2.25. The summed E-state index contributed by atoms with van der Waals surface area (Å²) < 4.78 is 0. The first-order chi connectivity index (χ1) is 7.42. The first kappa shape index (κ1) is 15.9. The summed E-state index contributed by atoms with van der Waals surface area (Å²) in [4.78, 5) is 2.45. The second-order valence-corrected chi connectivity index (χ2v) is 5.78. The van der Waals surface area contributed by atoms with Crippen LogP contribution in [-0.4, -0.2) is 30.6 Å². The van der Waals surface area contributed by atoms with Crippen molar-refractivity contribution in [2.24, 2.45) is 11.3 Å². The molecular weight excluding hydrogens is 198 g/mol. The summed E-state index contributed by atoms with van der Waals surface area (Å²) in [5.74, 6) is 5.60. The predicted octanol–water partition coefficient (Wildman–Crippen LogP) is 2.38. The minimum atomic E-state index is 0.407. The molecule has 0 spiro atoms. The maximum atomic E-state index is 5.60. The summed E-state index contributed by atoms with van der Waals surface area (Å²) in [5, 5.41) is 0. The predicted molar refractivity (Wildman–Crippen MR) is 72.2 cm³/mol. The summed E-state index contributed by atoms with van der Waals surface area (Å²) in [6.07, 6.45) is 3.54. The molecule has 0 heterocycles. The smallest absolute Gasteiger partial charge is 0.0222 e. The van der Waals surface area contributed by atoms with Crippen molar-refractivity contribution in [2.75, 3.05) is 19.6 Å². The van der Waals surface area contributed by atoms with Crippen LogP contribution in [0.25, 0.3) is 0 Å². The Morgan fingerprint density at radius 2 is 1.69 bits per heavy atom. The fourth-order valence-corrected chi connectivity index (χ4v) is 1.80. The van der Waals surface area contributed by atoms with Gasteiger partial charge in [0.25, 0.3) is 0 Å². The standard InChI is InChI=1S/C13H31N3/c1-6-16(7-2)11-9-12(15-14)8-10-13(3,4)5/h12,15H,6-11,14H2,1-5H3. The summed E-state index contributed by atoms with van der Waals surface area (Å²) in [6, 6.07) is 0.458. The Kier molecular flexibility index (Phi) is 7.98. The molecule has 0 saturated heterocycles. The third-order valence-electron chi connectivity index (χ3n) is 3.17. The fourth-order valence-electron chi connectivity index (χ4n) is 1.80. The minimum Gasteiger partial charge on any atom is -0.304 e. The number of hydrazine groups is 1. The van der Waals surface area contributed by atoms with Gasteiger partial charge in [-0.3, -0.25) is 11.3 Å². The number of hydrogen-bond donors (Lipinski definition) is 2. The molecule has 3 nitrogen and oxygen atoms in total. The van der Waals surface area contributed by atoms with Gasteiger partial charge in [0, 0.05) is 6.04 Å². The van der Waals surface area contributed by atoms with Gasteiger partial charge >= 0.3 is 0 Å². The first-order valence-electron chi connectivity index (χ1n) is 6.61. The molecule has 0 amide bonds. The van der Waals surface area contributed by atoms with Crippen LogP contribution >= 0.6 is 0 Å². The third-order valence-corrected chi connectivity index (χ3v) is 3.17. The van der Waals surface area contributed by atoms with Crippen LogP contribution in [0.5, 0.6) is 0 Å². The molecule has 98 valence electrons. The van der Waals surface area contributed by atoms with E-state index in [1.165, 1.54) is 12.8 Å². The molecule has 0 aromatic rings. The van der Waals surface area contributed by atoms with Crippen molar-refractivity contribution in [3.05, 3.63) is 0 Å². The fraction of sp³-hybridized carbons (Fsp3) is 1.00. The van der Waals surface area contributed by atoms with Gasteiger partial charge in [-0.05, 0) is 44.3 Å². The van der Waals surface area contributed by atoms with Gasteiger partial charge < -0.3 is 4.90 Å². The largest absolute Gasteiger partial charge is 0.304 e. The SMILES string of the molecule is CCN(CC)CCC(CCC(C)(C)C)NN. The molecule has 0 aromatic carbocycles. The zero-order chi connectivity index (χ0) is 12.6. The van der Waals surface area contributed by atoms with Crippen molar-refractivity contribution < 1.29 is 0 Å². The molecule has 0 saturated carbocycles. The normalized spacial score (nSPS) is 14.4. The highest BCUT2D eigenvalue weighted by Crippen LogP contribution is 2.22. The van der Waals surface area contributed by atoms with E-state index in [2.05, 4.69) is 44.9 Å². The van der Waals surface area contributed by atoms with E-state index >= 15 is 0 Å². The molecule has 0 aliphatic rings. The zero-order valence-corrected chi connectivity index (χ0v) is 11.8. The van der Waals surface area contributed by atoms with Gasteiger partial charge in [0.05, 0.1) is 0 Å². The zero-order valence-electron chi connectivity index (χ0n) is 11.8. The number of hydrogen-bond acceptors (Lipinski definition) is 3. The van der Waals surface area contributed by atoms with E-state index in [1.54, 1.807) is 0 Å². The number of rotatable bonds is 8. The quantitative estimate of drug-likeness (QED) is 0.496. The Morgan fingerprint density at radius 1 is 1.12 bits per heavy atom.